The van der Waals surface area contributed by atoms with E-state index in [-0.39, 0.29) is 5.54 Å². The van der Waals surface area contributed by atoms with Gasteiger partial charge in [-0.15, -0.1) is 0 Å². The number of ketones is 1. The van der Waals surface area contributed by atoms with Crippen molar-refractivity contribution in [1.29, 1.82) is 0 Å². The average molecular weight is 339 g/mol. The molecule has 1 aromatic heterocycles. The van der Waals surface area contributed by atoms with Crippen molar-refractivity contribution in [1.82, 2.24) is 9.88 Å². The van der Waals surface area contributed by atoms with Crippen molar-refractivity contribution in [3.05, 3.63) is 28.5 Å². The molecular formula is C16H23BrN2O. The minimum atomic E-state index is -0.283. The highest BCUT2D eigenvalue weighted by molar-refractivity contribution is 9.10. The van der Waals surface area contributed by atoms with Crippen LogP contribution in [0.4, 0.5) is 0 Å². The fourth-order valence-electron chi connectivity index (χ4n) is 3.12. The molecule has 0 bridgehead atoms. The Balaban J connectivity index is 2.16. The summed E-state index contributed by atoms with van der Waals surface area (Å²) in [6.45, 7) is 2.28. The highest BCUT2D eigenvalue weighted by Crippen LogP contribution is 2.36. The first-order chi connectivity index (χ1) is 9.44. The van der Waals surface area contributed by atoms with Gasteiger partial charge < -0.3 is 0 Å². The Hall–Kier alpha value is -0.740. The van der Waals surface area contributed by atoms with Crippen molar-refractivity contribution in [2.24, 2.45) is 5.92 Å². The van der Waals surface area contributed by atoms with Crippen LogP contribution in [-0.4, -0.2) is 35.3 Å². The number of pyridine rings is 1. The number of hydrogen-bond donors (Lipinski definition) is 0. The smallest absolute Gasteiger partial charge is 0.157 e. The predicted octanol–water partition coefficient (Wildman–Crippen LogP) is 3.47. The third-order valence-electron chi connectivity index (χ3n) is 4.60. The molecule has 0 unspecified atom stereocenters. The number of halogens is 1. The van der Waals surface area contributed by atoms with Crippen LogP contribution in [0.25, 0.3) is 0 Å². The van der Waals surface area contributed by atoms with E-state index in [4.69, 9.17) is 0 Å². The van der Waals surface area contributed by atoms with Crippen molar-refractivity contribution in [2.75, 3.05) is 14.1 Å². The summed E-state index contributed by atoms with van der Waals surface area (Å²) in [5, 5.41) is 0. The van der Waals surface area contributed by atoms with Crippen LogP contribution in [0, 0.1) is 5.92 Å². The molecule has 4 heteroatoms. The van der Waals surface area contributed by atoms with Gasteiger partial charge in [0.1, 0.15) is 0 Å². The molecule has 0 aromatic carbocycles. The van der Waals surface area contributed by atoms with E-state index in [0.29, 0.717) is 12.2 Å². The molecule has 1 saturated carbocycles. The van der Waals surface area contributed by atoms with Gasteiger partial charge in [-0.1, -0.05) is 6.92 Å². The van der Waals surface area contributed by atoms with Crippen molar-refractivity contribution < 1.29 is 4.79 Å². The molecule has 1 aliphatic carbocycles. The van der Waals surface area contributed by atoms with Gasteiger partial charge in [0.2, 0.25) is 0 Å². The summed E-state index contributed by atoms with van der Waals surface area (Å²) >= 11 is 3.41. The van der Waals surface area contributed by atoms with E-state index in [1.807, 2.05) is 20.2 Å². The van der Waals surface area contributed by atoms with Gasteiger partial charge in [-0.2, -0.15) is 0 Å². The first kappa shape index (κ1) is 15.6. The molecular weight excluding hydrogens is 316 g/mol. The van der Waals surface area contributed by atoms with Gasteiger partial charge in [-0.25, -0.2) is 0 Å². The van der Waals surface area contributed by atoms with Crippen LogP contribution in [0.15, 0.2) is 22.9 Å². The molecule has 3 nitrogen and oxygen atoms in total. The molecule has 0 aliphatic heterocycles. The Morgan fingerprint density at radius 3 is 2.60 bits per heavy atom. The highest BCUT2D eigenvalue weighted by Gasteiger charge is 2.42. The largest absolute Gasteiger partial charge is 0.297 e. The van der Waals surface area contributed by atoms with Gasteiger partial charge in [0.05, 0.1) is 5.54 Å². The van der Waals surface area contributed by atoms with E-state index < -0.39 is 0 Å². The fraction of sp³-hybridized carbons (Fsp3) is 0.625. The molecule has 1 heterocycles. The van der Waals surface area contributed by atoms with Crippen molar-refractivity contribution in [3.63, 3.8) is 0 Å². The maximum Gasteiger partial charge on any atom is 0.157 e. The molecule has 2 rings (SSSR count). The third-order valence-corrected chi connectivity index (χ3v) is 5.04. The second-order valence-electron chi connectivity index (χ2n) is 6.22. The number of carbonyl (C=O) groups excluding carboxylic acids is 1. The summed E-state index contributed by atoms with van der Waals surface area (Å²) in [6, 6.07) is 1.99. The summed E-state index contributed by atoms with van der Waals surface area (Å²) in [6.07, 6.45) is 8.23. The molecule has 0 radical (unpaired) electrons. The number of Topliss-reactive ketones (excluding diaryl/α,β-unsaturated/α-hetero) is 1. The van der Waals surface area contributed by atoms with Crippen LogP contribution in [0.1, 0.15) is 38.2 Å². The van der Waals surface area contributed by atoms with E-state index in [2.05, 4.69) is 32.7 Å². The lowest BCUT2D eigenvalue weighted by molar-refractivity contribution is -0.131. The zero-order chi connectivity index (χ0) is 14.8. The van der Waals surface area contributed by atoms with Crippen LogP contribution >= 0.6 is 15.9 Å². The van der Waals surface area contributed by atoms with Crippen LogP contribution < -0.4 is 0 Å². The van der Waals surface area contributed by atoms with Crippen LogP contribution in [-0.2, 0) is 11.2 Å². The number of carbonyl (C=O) groups is 1. The maximum atomic E-state index is 12.9. The maximum absolute atomic E-state index is 12.9. The van der Waals surface area contributed by atoms with Crippen molar-refractivity contribution >= 4 is 21.7 Å². The molecule has 0 amide bonds. The summed E-state index contributed by atoms with van der Waals surface area (Å²) in [5.74, 6) is 1.07. The molecule has 1 aromatic rings. The average Bonchev–Trinajstić information content (AvgIpc) is 2.39. The third kappa shape index (κ3) is 3.29. The Morgan fingerprint density at radius 2 is 2.05 bits per heavy atom. The summed E-state index contributed by atoms with van der Waals surface area (Å²) in [5.41, 5.74) is 0.707. The second kappa shape index (κ2) is 6.35. The zero-order valence-corrected chi connectivity index (χ0v) is 14.1. The van der Waals surface area contributed by atoms with E-state index >= 15 is 0 Å². The van der Waals surface area contributed by atoms with E-state index in [0.717, 1.165) is 41.6 Å². The summed E-state index contributed by atoms with van der Waals surface area (Å²) in [4.78, 5) is 19.1. The van der Waals surface area contributed by atoms with Gasteiger partial charge >= 0.3 is 0 Å². The lowest BCUT2D eigenvalue weighted by Gasteiger charge is -2.43. The Kier molecular flexibility index (Phi) is 4.97. The van der Waals surface area contributed by atoms with Gasteiger partial charge in [-0.3, -0.25) is 14.7 Å². The summed E-state index contributed by atoms with van der Waals surface area (Å²) in [7, 11) is 4.07. The predicted molar refractivity (Wildman–Crippen MR) is 84.7 cm³/mol. The SMILES string of the molecule is CC1CCC(C(=O)Cc2cncc(Br)c2)(N(C)C)CC1. The number of hydrogen-bond acceptors (Lipinski definition) is 3. The van der Waals surface area contributed by atoms with Crippen LogP contribution in [0.3, 0.4) is 0 Å². The van der Waals surface area contributed by atoms with Crippen molar-refractivity contribution in [2.45, 2.75) is 44.6 Å². The van der Waals surface area contributed by atoms with E-state index in [9.17, 15) is 4.79 Å². The standard InChI is InChI=1S/C16H23BrN2O/c1-12-4-6-16(7-5-12,19(2)3)15(20)9-13-8-14(17)11-18-10-13/h8,10-12H,4-7,9H2,1-3H3. The molecule has 0 saturated heterocycles. The molecule has 20 heavy (non-hydrogen) atoms. The van der Waals surface area contributed by atoms with E-state index in [1.165, 1.54) is 0 Å². The molecule has 1 aliphatic rings. The lowest BCUT2D eigenvalue weighted by atomic mass is 9.73. The van der Waals surface area contributed by atoms with Gasteiger partial charge in [0.25, 0.3) is 0 Å². The quantitative estimate of drug-likeness (QED) is 0.842. The first-order valence-electron chi connectivity index (χ1n) is 7.24. The monoisotopic (exact) mass is 338 g/mol. The number of likely N-dealkylation sites (N-methyl/N-ethyl adjacent to an activating group) is 1. The second-order valence-corrected chi connectivity index (χ2v) is 7.14. The Bertz CT molecular complexity index is 479. The Morgan fingerprint density at radius 1 is 1.40 bits per heavy atom. The molecule has 0 N–H and O–H groups in total. The van der Waals surface area contributed by atoms with Crippen LogP contribution in [0.2, 0.25) is 0 Å². The van der Waals surface area contributed by atoms with Gasteiger partial charge in [-0.05, 0) is 73.3 Å². The fourth-order valence-corrected chi connectivity index (χ4v) is 3.53. The molecule has 0 atom stereocenters. The highest BCUT2D eigenvalue weighted by atomic mass is 79.9. The topological polar surface area (TPSA) is 33.2 Å². The lowest BCUT2D eigenvalue weighted by Crippen LogP contribution is -2.53. The molecule has 110 valence electrons. The minimum Gasteiger partial charge on any atom is -0.297 e. The number of rotatable bonds is 4. The normalized spacial score (nSPS) is 26.8. The number of nitrogens with zero attached hydrogens (tertiary/aromatic N) is 2. The minimum absolute atomic E-state index is 0.283. The van der Waals surface area contributed by atoms with Crippen molar-refractivity contribution in [3.8, 4) is 0 Å². The van der Waals surface area contributed by atoms with E-state index in [1.54, 1.807) is 12.4 Å². The zero-order valence-electron chi connectivity index (χ0n) is 12.5. The van der Waals surface area contributed by atoms with Gasteiger partial charge in [0, 0.05) is 23.3 Å². The Labute approximate surface area is 129 Å². The molecule has 0 spiro atoms. The van der Waals surface area contributed by atoms with Gasteiger partial charge in [0.15, 0.2) is 5.78 Å². The first-order valence-corrected chi connectivity index (χ1v) is 8.03. The molecule has 1 fully saturated rings. The number of aromatic nitrogens is 1. The van der Waals surface area contributed by atoms with Crippen LogP contribution in [0.5, 0.6) is 0 Å². The summed E-state index contributed by atoms with van der Waals surface area (Å²) < 4.78 is 0.930.